The highest BCUT2D eigenvalue weighted by atomic mass is 35.5. The van der Waals surface area contributed by atoms with E-state index in [4.69, 9.17) is 33.5 Å². The minimum absolute atomic E-state index is 0.271. The van der Waals surface area contributed by atoms with Gasteiger partial charge in [0.2, 0.25) is 0 Å². The van der Waals surface area contributed by atoms with Gasteiger partial charge >= 0.3 is 11.9 Å². The van der Waals surface area contributed by atoms with Crippen molar-refractivity contribution in [2.75, 3.05) is 13.1 Å². The fourth-order valence-electron chi connectivity index (χ4n) is 2.75. The molecule has 126 valence electrons. The maximum Gasteiger partial charge on any atom is 0.350 e. The summed E-state index contributed by atoms with van der Waals surface area (Å²) in [4.78, 5) is 12.7. The van der Waals surface area contributed by atoms with Crippen LogP contribution in [0.2, 0.25) is 10.0 Å². The SMILES string of the molecule is Cc1onc(-c2c(Cl)cccc2Cl)c1C(=O)NC(N)=[N+]1CCCC1. The van der Waals surface area contributed by atoms with E-state index in [1.165, 1.54) is 0 Å². The Morgan fingerprint density at radius 2 is 1.92 bits per heavy atom. The normalized spacial score (nSPS) is 14.0. The Hall–Kier alpha value is -2.05. The van der Waals surface area contributed by atoms with Gasteiger partial charge in [-0.15, -0.1) is 0 Å². The number of nitrogens with one attached hydrogen (secondary N) is 1. The molecule has 1 aliphatic rings. The van der Waals surface area contributed by atoms with Crippen molar-refractivity contribution in [1.82, 2.24) is 10.5 Å². The molecule has 2 heterocycles. The van der Waals surface area contributed by atoms with Crippen molar-refractivity contribution in [1.29, 1.82) is 0 Å². The highest BCUT2D eigenvalue weighted by Crippen LogP contribution is 2.36. The van der Waals surface area contributed by atoms with E-state index in [1.54, 1.807) is 25.1 Å². The number of halogens is 2. The Morgan fingerprint density at radius 1 is 1.29 bits per heavy atom. The number of guanidine groups is 1. The second kappa shape index (κ2) is 6.83. The molecule has 1 aromatic heterocycles. The quantitative estimate of drug-likeness (QED) is 0.631. The van der Waals surface area contributed by atoms with Gasteiger partial charge in [0.15, 0.2) is 0 Å². The number of carbonyl (C=O) groups excluding carboxylic acids is 1. The topological polar surface area (TPSA) is 84.2 Å². The van der Waals surface area contributed by atoms with Crippen LogP contribution < -0.4 is 11.1 Å². The Morgan fingerprint density at radius 3 is 2.54 bits per heavy atom. The third-order valence-corrected chi connectivity index (χ3v) is 4.61. The van der Waals surface area contributed by atoms with Gasteiger partial charge in [-0.05, 0) is 31.9 Å². The Labute approximate surface area is 149 Å². The highest BCUT2D eigenvalue weighted by molar-refractivity contribution is 6.39. The van der Waals surface area contributed by atoms with Crippen LogP contribution in [0.5, 0.6) is 0 Å². The first-order valence-corrected chi connectivity index (χ1v) is 8.34. The van der Waals surface area contributed by atoms with Crippen LogP contribution in [0.3, 0.4) is 0 Å². The van der Waals surface area contributed by atoms with Gasteiger partial charge in [-0.25, -0.2) is 5.32 Å². The van der Waals surface area contributed by atoms with Crippen LogP contribution in [0.25, 0.3) is 11.3 Å². The average Bonchev–Trinajstić information content (AvgIpc) is 3.17. The summed E-state index contributed by atoms with van der Waals surface area (Å²) in [6, 6.07) is 5.08. The van der Waals surface area contributed by atoms with E-state index in [0.29, 0.717) is 33.0 Å². The number of hydrogen-bond donors (Lipinski definition) is 2. The molecule has 24 heavy (non-hydrogen) atoms. The fraction of sp³-hybridized carbons (Fsp3) is 0.312. The van der Waals surface area contributed by atoms with Crippen LogP contribution in [0, 0.1) is 6.92 Å². The molecule has 0 bridgehead atoms. The third kappa shape index (κ3) is 3.12. The molecule has 3 N–H and O–H groups in total. The smallest absolute Gasteiger partial charge is 0.350 e. The van der Waals surface area contributed by atoms with Gasteiger partial charge in [0, 0.05) is 5.56 Å². The van der Waals surface area contributed by atoms with Gasteiger partial charge in [0.25, 0.3) is 0 Å². The number of carbonyl (C=O) groups is 1. The molecule has 1 aliphatic heterocycles. The van der Waals surface area contributed by atoms with Crippen LogP contribution in [-0.4, -0.2) is 34.7 Å². The van der Waals surface area contributed by atoms with E-state index in [1.807, 2.05) is 4.58 Å². The van der Waals surface area contributed by atoms with Gasteiger partial charge in [0.05, 0.1) is 23.1 Å². The monoisotopic (exact) mass is 367 g/mol. The lowest BCUT2D eigenvalue weighted by Gasteiger charge is -2.06. The molecule has 0 aliphatic carbocycles. The number of rotatable bonds is 2. The van der Waals surface area contributed by atoms with Crippen molar-refractivity contribution in [3.8, 4) is 11.3 Å². The number of nitrogens with two attached hydrogens (primary N) is 1. The van der Waals surface area contributed by atoms with Crippen molar-refractivity contribution in [2.45, 2.75) is 19.8 Å². The van der Waals surface area contributed by atoms with Crippen LogP contribution in [0.15, 0.2) is 22.7 Å². The summed E-state index contributed by atoms with van der Waals surface area (Å²) in [5.41, 5.74) is 7.02. The zero-order valence-electron chi connectivity index (χ0n) is 13.1. The number of hydrogen-bond acceptors (Lipinski definition) is 3. The van der Waals surface area contributed by atoms with Crippen molar-refractivity contribution in [3.63, 3.8) is 0 Å². The second-order valence-electron chi connectivity index (χ2n) is 5.59. The molecule has 1 fully saturated rings. The van der Waals surface area contributed by atoms with Crippen LogP contribution in [0.1, 0.15) is 29.0 Å². The van der Waals surface area contributed by atoms with E-state index in [-0.39, 0.29) is 5.56 Å². The lowest BCUT2D eigenvalue weighted by atomic mass is 10.1. The molecule has 6 nitrogen and oxygen atoms in total. The maximum atomic E-state index is 12.7. The van der Waals surface area contributed by atoms with Crippen LogP contribution in [-0.2, 0) is 0 Å². The van der Waals surface area contributed by atoms with Crippen molar-refractivity contribution in [2.24, 2.45) is 5.73 Å². The first kappa shape index (κ1) is 16.8. The Balaban J connectivity index is 1.99. The van der Waals surface area contributed by atoms with Crippen molar-refractivity contribution < 1.29 is 13.9 Å². The minimum Gasteiger partial charge on any atom is -0.360 e. The van der Waals surface area contributed by atoms with Crippen LogP contribution >= 0.6 is 23.2 Å². The molecule has 0 saturated carbocycles. The molecular formula is C16H17Cl2N4O2+. The van der Waals surface area contributed by atoms with E-state index in [0.717, 1.165) is 25.9 Å². The lowest BCUT2D eigenvalue weighted by Crippen LogP contribution is -2.43. The molecule has 1 aromatic carbocycles. The van der Waals surface area contributed by atoms with Gasteiger partial charge in [0.1, 0.15) is 17.0 Å². The first-order valence-electron chi connectivity index (χ1n) is 7.58. The minimum atomic E-state index is -0.399. The standard InChI is InChI=1S/C16H16Cl2N4O2/c1-9-12(15(23)20-16(19)22-7-2-3-8-22)14(21-24-9)13-10(17)5-4-6-11(13)18/h4-6H,2-3,7-8H2,1H3,(H2,19,20,23)/p+1. The molecule has 1 saturated heterocycles. The summed E-state index contributed by atoms with van der Waals surface area (Å²) in [5, 5.41) is 7.45. The summed E-state index contributed by atoms with van der Waals surface area (Å²) >= 11 is 12.4. The predicted octanol–water partition coefficient (Wildman–Crippen LogP) is 2.81. The Bertz CT molecular complexity index is 801. The van der Waals surface area contributed by atoms with E-state index in [9.17, 15) is 4.79 Å². The molecule has 8 heteroatoms. The molecule has 2 aromatic rings. The molecular weight excluding hydrogens is 351 g/mol. The van der Waals surface area contributed by atoms with Gasteiger partial charge in [-0.1, -0.05) is 34.4 Å². The average molecular weight is 368 g/mol. The summed E-state index contributed by atoms with van der Waals surface area (Å²) in [5.74, 6) is 0.297. The van der Waals surface area contributed by atoms with E-state index >= 15 is 0 Å². The summed E-state index contributed by atoms with van der Waals surface area (Å²) in [6.07, 6.45) is 2.12. The number of aromatic nitrogens is 1. The summed E-state index contributed by atoms with van der Waals surface area (Å²) < 4.78 is 7.13. The van der Waals surface area contributed by atoms with E-state index < -0.39 is 5.91 Å². The fourth-order valence-corrected chi connectivity index (χ4v) is 3.33. The summed E-state index contributed by atoms with van der Waals surface area (Å²) in [7, 11) is 0. The number of aryl methyl sites for hydroxylation is 1. The number of benzene rings is 1. The van der Waals surface area contributed by atoms with E-state index in [2.05, 4.69) is 10.5 Å². The maximum absolute atomic E-state index is 12.7. The number of amides is 1. The van der Waals surface area contributed by atoms with Crippen molar-refractivity contribution >= 4 is 35.1 Å². The predicted molar refractivity (Wildman–Crippen MR) is 92.6 cm³/mol. The second-order valence-corrected chi connectivity index (χ2v) is 6.41. The van der Waals surface area contributed by atoms with Gasteiger partial charge in [-0.3, -0.25) is 15.1 Å². The van der Waals surface area contributed by atoms with Gasteiger partial charge < -0.3 is 4.52 Å². The number of nitrogens with zero attached hydrogens (tertiary/aromatic N) is 2. The molecule has 0 atom stereocenters. The first-order chi connectivity index (χ1) is 11.5. The zero-order valence-corrected chi connectivity index (χ0v) is 14.6. The lowest BCUT2D eigenvalue weighted by molar-refractivity contribution is -0.508. The van der Waals surface area contributed by atoms with Crippen molar-refractivity contribution in [3.05, 3.63) is 39.6 Å². The molecule has 1 amide bonds. The summed E-state index contributed by atoms with van der Waals surface area (Å²) in [6.45, 7) is 3.32. The largest absolute Gasteiger partial charge is 0.360 e. The third-order valence-electron chi connectivity index (χ3n) is 3.98. The van der Waals surface area contributed by atoms with Crippen LogP contribution in [0.4, 0.5) is 0 Å². The highest BCUT2D eigenvalue weighted by Gasteiger charge is 2.28. The zero-order chi connectivity index (χ0) is 17.3. The Kier molecular flexibility index (Phi) is 4.78. The molecule has 0 radical (unpaired) electrons. The molecule has 0 spiro atoms. The molecule has 3 rings (SSSR count). The molecule has 0 unspecified atom stereocenters. The van der Waals surface area contributed by atoms with Gasteiger partial charge in [-0.2, -0.15) is 0 Å².